The molecule has 1 rings (SSSR count). The van der Waals surface area contributed by atoms with Crippen LogP contribution in [-0.4, -0.2) is 4.98 Å². The summed E-state index contributed by atoms with van der Waals surface area (Å²) < 4.78 is 62.7. The molecule has 0 amide bonds. The van der Waals surface area contributed by atoms with E-state index in [1.165, 1.54) is 6.07 Å². The Morgan fingerprint density at radius 3 is 2.41 bits per heavy atom. The van der Waals surface area contributed by atoms with Crippen molar-refractivity contribution in [3.8, 4) is 6.07 Å². The summed E-state index contributed by atoms with van der Waals surface area (Å²) in [4.78, 5) is 2.97. The number of nitriles is 1. The minimum absolute atomic E-state index is 0.501. The molecule has 2 nitrogen and oxygen atoms in total. The van der Waals surface area contributed by atoms with E-state index in [2.05, 4.69) is 4.98 Å². The number of aromatic nitrogens is 1. The fourth-order valence-corrected chi connectivity index (χ4v) is 1.52. The predicted octanol–water partition coefficient (Wildman–Crippen LogP) is 3.76. The highest BCUT2D eigenvalue weighted by Gasteiger charge is 2.39. The molecule has 1 aromatic rings. The van der Waals surface area contributed by atoms with Crippen LogP contribution >= 0.6 is 11.6 Å². The van der Waals surface area contributed by atoms with Crippen molar-refractivity contribution in [1.29, 1.82) is 5.26 Å². The van der Waals surface area contributed by atoms with Crippen LogP contribution in [0.15, 0.2) is 6.07 Å². The lowest BCUT2D eigenvalue weighted by molar-refractivity contribution is -0.140. The Labute approximate surface area is 97.6 Å². The highest BCUT2D eigenvalue weighted by Crippen LogP contribution is 2.38. The van der Waals surface area contributed by atoms with Gasteiger partial charge < -0.3 is 0 Å². The molecule has 0 atom stereocenters. The maximum absolute atomic E-state index is 12.6. The molecule has 0 bridgehead atoms. The van der Waals surface area contributed by atoms with Crippen LogP contribution < -0.4 is 0 Å². The summed E-state index contributed by atoms with van der Waals surface area (Å²) in [5, 5.41) is 7.86. The minimum atomic E-state index is -5.00. The van der Waals surface area contributed by atoms with Crippen molar-refractivity contribution in [2.45, 2.75) is 19.0 Å². The van der Waals surface area contributed by atoms with Gasteiger partial charge in [0.1, 0.15) is 10.8 Å². The van der Waals surface area contributed by atoms with E-state index in [1.807, 2.05) is 0 Å². The predicted molar refractivity (Wildman–Crippen MR) is 48.5 cm³/mol. The number of rotatable bonds is 2. The van der Waals surface area contributed by atoms with Crippen molar-refractivity contribution in [3.63, 3.8) is 0 Å². The van der Waals surface area contributed by atoms with Gasteiger partial charge >= 0.3 is 6.18 Å². The minimum Gasteiger partial charge on any atom is -0.234 e. The van der Waals surface area contributed by atoms with Gasteiger partial charge in [0.05, 0.1) is 18.1 Å². The summed E-state index contributed by atoms with van der Waals surface area (Å²) in [5.74, 6) is 0. The SMILES string of the molecule is N#CCc1cc(Cl)nc(C(F)F)c1C(F)(F)F. The van der Waals surface area contributed by atoms with E-state index in [4.69, 9.17) is 16.9 Å². The van der Waals surface area contributed by atoms with Crippen molar-refractivity contribution < 1.29 is 22.0 Å². The summed E-state index contributed by atoms with van der Waals surface area (Å²) in [7, 11) is 0. The fraction of sp³-hybridized carbons (Fsp3) is 0.333. The van der Waals surface area contributed by atoms with Gasteiger partial charge in [-0.2, -0.15) is 18.4 Å². The molecular weight excluding hydrogens is 267 g/mol. The molecule has 17 heavy (non-hydrogen) atoms. The molecule has 1 aromatic heterocycles. The number of hydrogen-bond donors (Lipinski definition) is 0. The Morgan fingerprint density at radius 2 is 2.00 bits per heavy atom. The van der Waals surface area contributed by atoms with Gasteiger partial charge in [-0.15, -0.1) is 0 Å². The Bertz CT molecular complexity index is 464. The summed E-state index contributed by atoms with van der Waals surface area (Å²) >= 11 is 5.33. The molecule has 0 spiro atoms. The van der Waals surface area contributed by atoms with E-state index in [0.29, 0.717) is 0 Å². The van der Waals surface area contributed by atoms with E-state index in [0.717, 1.165) is 6.07 Å². The van der Waals surface area contributed by atoms with Crippen LogP contribution in [0.1, 0.15) is 23.2 Å². The van der Waals surface area contributed by atoms with Crippen LogP contribution in [0.5, 0.6) is 0 Å². The van der Waals surface area contributed by atoms with Gasteiger partial charge in [-0.3, -0.25) is 0 Å². The first-order valence-corrected chi connectivity index (χ1v) is 4.56. The van der Waals surface area contributed by atoms with Crippen LogP contribution in [-0.2, 0) is 12.6 Å². The monoisotopic (exact) mass is 270 g/mol. The zero-order valence-corrected chi connectivity index (χ0v) is 8.78. The van der Waals surface area contributed by atoms with E-state index < -0.39 is 41.0 Å². The number of hydrogen-bond acceptors (Lipinski definition) is 2. The lowest BCUT2D eigenvalue weighted by Gasteiger charge is -2.15. The second-order valence-electron chi connectivity index (χ2n) is 3.00. The molecule has 0 aromatic carbocycles. The maximum Gasteiger partial charge on any atom is 0.418 e. The van der Waals surface area contributed by atoms with Gasteiger partial charge in [-0.25, -0.2) is 13.8 Å². The van der Waals surface area contributed by atoms with E-state index >= 15 is 0 Å². The van der Waals surface area contributed by atoms with Gasteiger partial charge in [-0.05, 0) is 11.6 Å². The van der Waals surface area contributed by atoms with Crippen LogP contribution in [0.25, 0.3) is 0 Å². The molecule has 0 N–H and O–H groups in total. The van der Waals surface area contributed by atoms with E-state index in [-0.39, 0.29) is 0 Å². The van der Waals surface area contributed by atoms with Gasteiger partial charge in [0.25, 0.3) is 6.43 Å². The lowest BCUT2D eigenvalue weighted by atomic mass is 10.0. The molecule has 92 valence electrons. The van der Waals surface area contributed by atoms with Gasteiger partial charge in [0.2, 0.25) is 0 Å². The second-order valence-corrected chi connectivity index (χ2v) is 3.38. The Hall–Kier alpha value is -1.42. The van der Waals surface area contributed by atoms with Crippen LogP contribution in [0.2, 0.25) is 5.15 Å². The highest BCUT2D eigenvalue weighted by molar-refractivity contribution is 6.29. The number of halogens is 6. The molecule has 0 radical (unpaired) electrons. The van der Waals surface area contributed by atoms with Crippen molar-refractivity contribution in [2.75, 3.05) is 0 Å². The zero-order valence-electron chi connectivity index (χ0n) is 8.02. The Balaban J connectivity index is 3.54. The molecule has 0 saturated heterocycles. The molecular formula is C9H4ClF5N2. The molecule has 0 aliphatic heterocycles. The fourth-order valence-electron chi connectivity index (χ4n) is 1.29. The maximum atomic E-state index is 12.6. The van der Waals surface area contributed by atoms with Crippen molar-refractivity contribution in [3.05, 3.63) is 28.0 Å². The number of nitrogens with zero attached hydrogens (tertiary/aromatic N) is 2. The van der Waals surface area contributed by atoms with Crippen molar-refractivity contribution in [2.24, 2.45) is 0 Å². The van der Waals surface area contributed by atoms with Gasteiger partial charge in [0.15, 0.2) is 0 Å². The van der Waals surface area contributed by atoms with Gasteiger partial charge in [0, 0.05) is 0 Å². The average Bonchev–Trinajstić information content (AvgIpc) is 2.14. The van der Waals surface area contributed by atoms with E-state index in [1.54, 1.807) is 0 Å². The largest absolute Gasteiger partial charge is 0.418 e. The quantitative estimate of drug-likeness (QED) is 0.606. The smallest absolute Gasteiger partial charge is 0.234 e. The lowest BCUT2D eigenvalue weighted by Crippen LogP contribution is -2.15. The van der Waals surface area contributed by atoms with Crippen molar-refractivity contribution >= 4 is 11.6 Å². The third-order valence-electron chi connectivity index (χ3n) is 1.86. The second kappa shape index (κ2) is 4.84. The first-order valence-electron chi connectivity index (χ1n) is 4.19. The molecule has 0 aliphatic carbocycles. The normalized spacial score (nSPS) is 11.6. The zero-order chi connectivity index (χ0) is 13.2. The average molecular weight is 271 g/mol. The Morgan fingerprint density at radius 1 is 1.41 bits per heavy atom. The van der Waals surface area contributed by atoms with Crippen LogP contribution in [0.4, 0.5) is 22.0 Å². The summed E-state index contributed by atoms with van der Waals surface area (Å²) in [5.41, 5.74) is -3.64. The van der Waals surface area contributed by atoms with Crippen LogP contribution in [0, 0.1) is 11.3 Å². The molecule has 1 heterocycles. The highest BCUT2D eigenvalue weighted by atomic mass is 35.5. The molecule has 8 heteroatoms. The van der Waals surface area contributed by atoms with Crippen molar-refractivity contribution in [1.82, 2.24) is 4.98 Å². The first kappa shape index (κ1) is 13.6. The summed E-state index contributed by atoms with van der Waals surface area (Å²) in [6.07, 6.45) is -9.09. The van der Waals surface area contributed by atoms with E-state index in [9.17, 15) is 22.0 Å². The van der Waals surface area contributed by atoms with Crippen LogP contribution in [0.3, 0.4) is 0 Å². The number of pyridine rings is 1. The standard InChI is InChI=1S/C9H4ClF5N2/c10-5-3-4(1-2-16)6(9(13,14)15)7(17-5)8(11)12/h3,8H,1H2. The molecule has 0 unspecified atom stereocenters. The third kappa shape index (κ3) is 3.03. The number of alkyl halides is 5. The summed E-state index contributed by atoms with van der Waals surface area (Å²) in [6, 6.07) is 2.22. The molecule has 0 aliphatic rings. The summed E-state index contributed by atoms with van der Waals surface area (Å²) in [6.45, 7) is 0. The topological polar surface area (TPSA) is 36.7 Å². The molecule has 0 fully saturated rings. The Kier molecular flexibility index (Phi) is 3.88. The van der Waals surface area contributed by atoms with Gasteiger partial charge in [-0.1, -0.05) is 11.6 Å². The molecule has 0 saturated carbocycles. The first-order chi connectivity index (χ1) is 7.77. The third-order valence-corrected chi connectivity index (χ3v) is 2.05.